The minimum absolute atomic E-state index is 0.262. The van der Waals surface area contributed by atoms with E-state index < -0.39 is 5.60 Å². The largest absolute Gasteiger partial charge is 0.493 e. The highest BCUT2D eigenvalue weighted by Crippen LogP contribution is 2.43. The van der Waals surface area contributed by atoms with E-state index in [1.165, 1.54) is 5.56 Å². The lowest BCUT2D eigenvalue weighted by Gasteiger charge is -2.41. The molecule has 2 aliphatic rings. The molecule has 19 heavy (non-hydrogen) atoms. The fraction of sp³-hybridized carbons (Fsp3) is 0.625. The van der Waals surface area contributed by atoms with Crippen LogP contribution in [0.25, 0.3) is 0 Å². The first-order valence-electron chi connectivity index (χ1n) is 7.44. The maximum Gasteiger partial charge on any atom is 0.128 e. The third kappa shape index (κ3) is 2.15. The molecule has 1 aromatic carbocycles. The van der Waals surface area contributed by atoms with Crippen molar-refractivity contribution in [2.24, 2.45) is 5.92 Å². The van der Waals surface area contributed by atoms with Crippen molar-refractivity contribution >= 4 is 0 Å². The van der Waals surface area contributed by atoms with Gasteiger partial charge in [-0.1, -0.05) is 25.1 Å². The maximum absolute atomic E-state index is 11.2. The Labute approximate surface area is 115 Å². The Bertz CT molecular complexity index is 460. The van der Waals surface area contributed by atoms with E-state index >= 15 is 0 Å². The van der Waals surface area contributed by atoms with Gasteiger partial charge in [-0.3, -0.25) is 0 Å². The van der Waals surface area contributed by atoms with Crippen molar-refractivity contribution in [2.75, 3.05) is 19.7 Å². The second kappa shape index (κ2) is 5.14. The van der Waals surface area contributed by atoms with Crippen LogP contribution in [0.4, 0.5) is 0 Å². The van der Waals surface area contributed by atoms with Crippen molar-refractivity contribution < 1.29 is 9.84 Å². The smallest absolute Gasteiger partial charge is 0.128 e. The average molecular weight is 261 g/mol. The number of aryl methyl sites for hydroxylation is 1. The summed E-state index contributed by atoms with van der Waals surface area (Å²) < 4.78 is 5.89. The van der Waals surface area contributed by atoms with Gasteiger partial charge in [0, 0.05) is 18.0 Å². The minimum atomic E-state index is -0.733. The Morgan fingerprint density at radius 3 is 3.21 bits per heavy atom. The molecule has 2 N–H and O–H groups in total. The van der Waals surface area contributed by atoms with Gasteiger partial charge in [0.2, 0.25) is 0 Å². The molecule has 104 valence electrons. The number of fused-ring (bicyclic) bond motifs is 1. The summed E-state index contributed by atoms with van der Waals surface area (Å²) in [5.41, 5.74) is 1.53. The van der Waals surface area contributed by atoms with E-state index in [1.54, 1.807) is 0 Å². The monoisotopic (exact) mass is 261 g/mol. The summed E-state index contributed by atoms with van der Waals surface area (Å²) >= 11 is 0. The van der Waals surface area contributed by atoms with Gasteiger partial charge in [0.15, 0.2) is 0 Å². The second-order valence-corrected chi connectivity index (χ2v) is 5.73. The Kier molecular flexibility index (Phi) is 3.50. The zero-order chi connectivity index (χ0) is 13.3. The SMILES string of the molecule is CCC1CNCCC1(O)c1cccc2c1OCCC2. The van der Waals surface area contributed by atoms with Gasteiger partial charge >= 0.3 is 0 Å². The Balaban J connectivity index is 2.04. The molecule has 1 fully saturated rings. The highest BCUT2D eigenvalue weighted by molar-refractivity contribution is 5.46. The molecular formula is C16H23NO2. The predicted octanol–water partition coefficient (Wildman–Crippen LogP) is 2.22. The summed E-state index contributed by atoms with van der Waals surface area (Å²) in [4.78, 5) is 0. The van der Waals surface area contributed by atoms with E-state index in [4.69, 9.17) is 4.74 Å². The van der Waals surface area contributed by atoms with Crippen molar-refractivity contribution in [2.45, 2.75) is 38.2 Å². The zero-order valence-corrected chi connectivity index (χ0v) is 11.6. The van der Waals surface area contributed by atoms with Crippen molar-refractivity contribution in [3.63, 3.8) is 0 Å². The van der Waals surface area contributed by atoms with Gasteiger partial charge in [0.25, 0.3) is 0 Å². The first-order chi connectivity index (χ1) is 9.25. The van der Waals surface area contributed by atoms with Gasteiger partial charge in [0.05, 0.1) is 12.2 Å². The molecule has 2 atom stereocenters. The second-order valence-electron chi connectivity index (χ2n) is 5.73. The van der Waals surface area contributed by atoms with Crippen LogP contribution in [0.5, 0.6) is 5.75 Å². The van der Waals surface area contributed by atoms with E-state index in [0.717, 1.165) is 56.7 Å². The third-order valence-electron chi connectivity index (χ3n) is 4.64. The molecule has 0 radical (unpaired) electrons. The van der Waals surface area contributed by atoms with Crippen molar-refractivity contribution in [1.82, 2.24) is 5.32 Å². The minimum Gasteiger partial charge on any atom is -0.493 e. The van der Waals surface area contributed by atoms with Crippen LogP contribution in [0.2, 0.25) is 0 Å². The zero-order valence-electron chi connectivity index (χ0n) is 11.6. The molecule has 3 rings (SSSR count). The number of benzene rings is 1. The fourth-order valence-electron chi connectivity index (χ4n) is 3.49. The van der Waals surface area contributed by atoms with Crippen LogP contribution in [-0.2, 0) is 12.0 Å². The first kappa shape index (κ1) is 12.9. The molecule has 0 bridgehead atoms. The molecule has 0 spiro atoms. The predicted molar refractivity (Wildman–Crippen MR) is 75.4 cm³/mol. The van der Waals surface area contributed by atoms with Gasteiger partial charge in [-0.15, -0.1) is 0 Å². The van der Waals surface area contributed by atoms with Gasteiger partial charge in [0.1, 0.15) is 5.75 Å². The summed E-state index contributed by atoms with van der Waals surface area (Å²) in [5.74, 6) is 1.22. The van der Waals surface area contributed by atoms with Crippen LogP contribution in [-0.4, -0.2) is 24.8 Å². The maximum atomic E-state index is 11.2. The number of rotatable bonds is 2. The molecule has 0 saturated carbocycles. The lowest BCUT2D eigenvalue weighted by Crippen LogP contribution is -2.48. The average Bonchev–Trinajstić information content (AvgIpc) is 2.47. The van der Waals surface area contributed by atoms with Crippen LogP contribution in [0.15, 0.2) is 18.2 Å². The normalized spacial score (nSPS) is 30.5. The van der Waals surface area contributed by atoms with Crippen LogP contribution < -0.4 is 10.1 Å². The number of piperidine rings is 1. The van der Waals surface area contributed by atoms with E-state index in [1.807, 2.05) is 0 Å². The fourth-order valence-corrected chi connectivity index (χ4v) is 3.49. The van der Waals surface area contributed by atoms with Crippen molar-refractivity contribution in [1.29, 1.82) is 0 Å². The highest BCUT2D eigenvalue weighted by Gasteiger charge is 2.42. The van der Waals surface area contributed by atoms with Crippen LogP contribution >= 0.6 is 0 Å². The third-order valence-corrected chi connectivity index (χ3v) is 4.64. The van der Waals surface area contributed by atoms with E-state index in [0.29, 0.717) is 0 Å². The topological polar surface area (TPSA) is 41.5 Å². The molecule has 0 aromatic heterocycles. The first-order valence-corrected chi connectivity index (χ1v) is 7.44. The molecule has 3 heteroatoms. The molecule has 3 nitrogen and oxygen atoms in total. The number of para-hydroxylation sites is 1. The Morgan fingerprint density at radius 1 is 1.47 bits per heavy atom. The summed E-state index contributed by atoms with van der Waals surface area (Å²) in [6.07, 6.45) is 3.89. The molecule has 0 aliphatic carbocycles. The number of hydrogen-bond acceptors (Lipinski definition) is 3. The number of ether oxygens (including phenoxy) is 1. The molecule has 2 unspecified atom stereocenters. The quantitative estimate of drug-likeness (QED) is 0.857. The number of aliphatic hydroxyl groups is 1. The molecular weight excluding hydrogens is 238 g/mol. The van der Waals surface area contributed by atoms with Crippen molar-refractivity contribution in [3.05, 3.63) is 29.3 Å². The van der Waals surface area contributed by atoms with Crippen LogP contribution in [0, 0.1) is 5.92 Å². The summed E-state index contributed by atoms with van der Waals surface area (Å²) in [6.45, 7) is 4.68. The van der Waals surface area contributed by atoms with Gasteiger partial charge in [-0.2, -0.15) is 0 Å². The van der Waals surface area contributed by atoms with E-state index in [2.05, 4.69) is 30.4 Å². The summed E-state index contributed by atoms with van der Waals surface area (Å²) in [6, 6.07) is 6.25. The highest BCUT2D eigenvalue weighted by atomic mass is 16.5. The Morgan fingerprint density at radius 2 is 2.37 bits per heavy atom. The van der Waals surface area contributed by atoms with Crippen LogP contribution in [0.3, 0.4) is 0 Å². The van der Waals surface area contributed by atoms with Crippen molar-refractivity contribution in [3.8, 4) is 5.75 Å². The molecule has 2 aliphatic heterocycles. The molecule has 2 heterocycles. The molecule has 1 saturated heterocycles. The van der Waals surface area contributed by atoms with E-state index in [-0.39, 0.29) is 5.92 Å². The van der Waals surface area contributed by atoms with Gasteiger partial charge in [-0.25, -0.2) is 0 Å². The summed E-state index contributed by atoms with van der Waals surface area (Å²) in [5, 5.41) is 14.6. The van der Waals surface area contributed by atoms with Gasteiger partial charge in [-0.05, 0) is 37.8 Å². The number of hydrogen-bond donors (Lipinski definition) is 2. The molecule has 1 aromatic rings. The summed E-state index contributed by atoms with van der Waals surface area (Å²) in [7, 11) is 0. The number of nitrogens with one attached hydrogen (secondary N) is 1. The lowest BCUT2D eigenvalue weighted by molar-refractivity contribution is -0.0499. The Hall–Kier alpha value is -1.06. The van der Waals surface area contributed by atoms with Gasteiger partial charge < -0.3 is 15.2 Å². The molecule has 0 amide bonds. The van der Waals surface area contributed by atoms with Crippen LogP contribution in [0.1, 0.15) is 37.3 Å². The van der Waals surface area contributed by atoms with E-state index in [9.17, 15) is 5.11 Å². The standard InChI is InChI=1S/C16H23NO2/c1-2-13-11-17-9-8-16(13,18)14-7-3-5-12-6-4-10-19-15(12)14/h3,5,7,13,17-18H,2,4,6,8-11H2,1H3. The lowest BCUT2D eigenvalue weighted by atomic mass is 9.74.